The van der Waals surface area contributed by atoms with E-state index in [1.807, 2.05) is 47.4 Å². The molecule has 158 valence electrons. The Kier molecular flexibility index (Phi) is 4.82. The van der Waals surface area contributed by atoms with Crippen LogP contribution in [0.1, 0.15) is 0 Å². The van der Waals surface area contributed by atoms with Gasteiger partial charge in [-0.1, -0.05) is 12.1 Å². The van der Waals surface area contributed by atoms with Crippen molar-refractivity contribution < 1.29 is 13.9 Å². The fraction of sp³-hybridized carbons (Fsp3) is 0.261. The number of rotatable bonds is 4. The third-order valence-electron chi connectivity index (χ3n) is 5.76. The lowest BCUT2D eigenvalue weighted by Crippen LogP contribution is -2.49. The summed E-state index contributed by atoms with van der Waals surface area (Å²) >= 11 is 0. The molecule has 1 amide bonds. The van der Waals surface area contributed by atoms with Gasteiger partial charge in [0, 0.05) is 37.3 Å². The zero-order valence-corrected chi connectivity index (χ0v) is 17.2. The molecule has 5 rings (SSSR count). The first-order chi connectivity index (χ1) is 15.1. The molecule has 3 heterocycles. The third-order valence-corrected chi connectivity index (χ3v) is 5.76. The predicted octanol–water partition coefficient (Wildman–Crippen LogP) is 2.50. The molecular formula is C23H22N4O4. The lowest BCUT2D eigenvalue weighted by molar-refractivity contribution is -0.132. The highest BCUT2D eigenvalue weighted by Crippen LogP contribution is 2.23. The molecule has 0 saturated carbocycles. The van der Waals surface area contributed by atoms with E-state index < -0.39 is 5.63 Å². The summed E-state index contributed by atoms with van der Waals surface area (Å²) in [5.74, 6) is 0.808. The number of carbonyl (C=O) groups is 1. The van der Waals surface area contributed by atoms with Crippen molar-refractivity contribution in [3.63, 3.8) is 0 Å². The van der Waals surface area contributed by atoms with E-state index in [2.05, 4.69) is 10.00 Å². The molecule has 0 bridgehead atoms. The molecule has 0 aliphatic carbocycles. The number of methoxy groups -OCH3 is 1. The largest absolute Gasteiger partial charge is 0.497 e. The van der Waals surface area contributed by atoms with Crippen molar-refractivity contribution in [2.75, 3.05) is 38.2 Å². The zero-order valence-electron chi connectivity index (χ0n) is 17.2. The Morgan fingerprint density at radius 2 is 1.77 bits per heavy atom. The van der Waals surface area contributed by atoms with E-state index in [1.165, 1.54) is 6.20 Å². The zero-order chi connectivity index (χ0) is 21.4. The number of amides is 1. The molecule has 0 radical (unpaired) electrons. The highest BCUT2D eigenvalue weighted by molar-refractivity contribution is 6.02. The first-order valence-electron chi connectivity index (χ1n) is 10.2. The number of hydrogen-bond donors (Lipinski definition) is 0. The van der Waals surface area contributed by atoms with Crippen LogP contribution in [0.3, 0.4) is 0 Å². The number of aromatic nitrogens is 2. The Morgan fingerprint density at radius 1 is 1.03 bits per heavy atom. The second-order valence-corrected chi connectivity index (χ2v) is 7.52. The van der Waals surface area contributed by atoms with Gasteiger partial charge in [0.1, 0.15) is 23.3 Å². The minimum absolute atomic E-state index is 0.0169. The fourth-order valence-electron chi connectivity index (χ4n) is 4.08. The highest BCUT2D eigenvalue weighted by Gasteiger charge is 2.23. The van der Waals surface area contributed by atoms with Crippen LogP contribution < -0.4 is 15.3 Å². The Labute approximate surface area is 178 Å². The normalized spacial score (nSPS) is 14.4. The van der Waals surface area contributed by atoms with Crippen LogP contribution in [0.4, 0.5) is 5.69 Å². The number of hydrogen-bond acceptors (Lipinski definition) is 6. The molecule has 2 aromatic heterocycles. The van der Waals surface area contributed by atoms with Crippen molar-refractivity contribution in [3.05, 3.63) is 65.1 Å². The van der Waals surface area contributed by atoms with Gasteiger partial charge >= 0.3 is 5.63 Å². The summed E-state index contributed by atoms with van der Waals surface area (Å²) in [7, 11) is 1.65. The van der Waals surface area contributed by atoms with E-state index in [9.17, 15) is 9.59 Å². The van der Waals surface area contributed by atoms with E-state index in [-0.39, 0.29) is 12.5 Å². The van der Waals surface area contributed by atoms with E-state index in [0.717, 1.165) is 29.9 Å². The third kappa shape index (κ3) is 3.50. The average Bonchev–Trinajstić information content (AvgIpc) is 3.24. The molecule has 1 aliphatic rings. The minimum atomic E-state index is -0.444. The maximum absolute atomic E-state index is 13.0. The summed E-state index contributed by atoms with van der Waals surface area (Å²) in [4.78, 5) is 29.4. The molecular weight excluding hydrogens is 396 g/mol. The average molecular weight is 418 g/mol. The van der Waals surface area contributed by atoms with Gasteiger partial charge in [0.05, 0.1) is 18.8 Å². The molecule has 1 aliphatic heterocycles. The maximum atomic E-state index is 13.0. The van der Waals surface area contributed by atoms with Gasteiger partial charge in [-0.05, 0) is 36.4 Å². The highest BCUT2D eigenvalue weighted by atomic mass is 16.5. The van der Waals surface area contributed by atoms with Crippen LogP contribution in [0.2, 0.25) is 0 Å². The minimum Gasteiger partial charge on any atom is -0.497 e. The monoisotopic (exact) mass is 418 g/mol. The number of para-hydroxylation sites is 1. The molecule has 1 saturated heterocycles. The molecule has 0 spiro atoms. The van der Waals surface area contributed by atoms with Crippen molar-refractivity contribution in [3.8, 4) is 5.75 Å². The smallest absolute Gasteiger partial charge is 0.347 e. The molecule has 2 aromatic carbocycles. The van der Waals surface area contributed by atoms with Crippen molar-refractivity contribution >= 4 is 33.5 Å². The molecule has 0 N–H and O–H groups in total. The molecule has 0 unspecified atom stereocenters. The second kappa shape index (κ2) is 7.79. The van der Waals surface area contributed by atoms with Crippen LogP contribution in [0.5, 0.6) is 5.75 Å². The topological polar surface area (TPSA) is 80.8 Å². The quantitative estimate of drug-likeness (QED) is 0.474. The second-order valence-electron chi connectivity index (χ2n) is 7.52. The number of carbonyl (C=O) groups excluding carboxylic acids is 1. The van der Waals surface area contributed by atoms with E-state index in [4.69, 9.17) is 9.15 Å². The summed E-state index contributed by atoms with van der Waals surface area (Å²) in [6.45, 7) is 2.86. The number of ether oxygens (including phenoxy) is 1. The van der Waals surface area contributed by atoms with Gasteiger partial charge in [0.15, 0.2) is 0 Å². The molecule has 1 fully saturated rings. The van der Waals surface area contributed by atoms with E-state index in [0.29, 0.717) is 29.6 Å². The van der Waals surface area contributed by atoms with Gasteiger partial charge in [-0.3, -0.25) is 9.48 Å². The SMILES string of the molecule is COc1ccc(N2CCN(C(=O)Cn3ncc4c(=O)oc5ccccc5c43)CC2)cc1. The van der Waals surface area contributed by atoms with Crippen molar-refractivity contribution in [2.45, 2.75) is 6.54 Å². The first-order valence-corrected chi connectivity index (χ1v) is 10.2. The van der Waals surface area contributed by atoms with Gasteiger partial charge in [0.25, 0.3) is 0 Å². The van der Waals surface area contributed by atoms with Crippen LogP contribution in [-0.2, 0) is 11.3 Å². The van der Waals surface area contributed by atoms with Gasteiger partial charge < -0.3 is 19.0 Å². The Hall–Kier alpha value is -3.81. The maximum Gasteiger partial charge on any atom is 0.347 e. The fourth-order valence-corrected chi connectivity index (χ4v) is 4.08. The number of nitrogens with zero attached hydrogens (tertiary/aromatic N) is 4. The van der Waals surface area contributed by atoms with Gasteiger partial charge in [-0.2, -0.15) is 5.10 Å². The Balaban J connectivity index is 1.32. The van der Waals surface area contributed by atoms with Crippen LogP contribution in [0.25, 0.3) is 21.9 Å². The van der Waals surface area contributed by atoms with Crippen LogP contribution in [-0.4, -0.2) is 53.9 Å². The first kappa shape index (κ1) is 19.2. The summed E-state index contributed by atoms with van der Waals surface area (Å²) in [6, 6.07) is 15.2. The Morgan fingerprint density at radius 3 is 2.52 bits per heavy atom. The number of benzene rings is 2. The molecule has 0 atom stereocenters. The number of fused-ring (bicyclic) bond motifs is 3. The molecule has 8 nitrogen and oxygen atoms in total. The lowest BCUT2D eigenvalue weighted by atomic mass is 10.2. The van der Waals surface area contributed by atoms with Gasteiger partial charge in [-0.25, -0.2) is 4.79 Å². The van der Waals surface area contributed by atoms with Crippen molar-refractivity contribution in [1.29, 1.82) is 0 Å². The summed E-state index contributed by atoms with van der Waals surface area (Å²) in [5.41, 5.74) is 1.80. The molecule has 4 aromatic rings. The number of piperazine rings is 1. The summed E-state index contributed by atoms with van der Waals surface area (Å²) in [5, 5.41) is 5.46. The van der Waals surface area contributed by atoms with Crippen LogP contribution >= 0.6 is 0 Å². The standard InChI is InChI=1S/C23H22N4O4/c1-30-17-8-6-16(7-9-17)25-10-12-26(13-11-25)21(28)15-27-22-18-4-2-3-5-20(18)31-23(29)19(22)14-24-27/h2-9,14H,10-13,15H2,1H3. The van der Waals surface area contributed by atoms with E-state index in [1.54, 1.807) is 17.9 Å². The lowest BCUT2D eigenvalue weighted by Gasteiger charge is -2.36. The van der Waals surface area contributed by atoms with Crippen molar-refractivity contribution in [2.24, 2.45) is 0 Å². The van der Waals surface area contributed by atoms with Crippen molar-refractivity contribution in [1.82, 2.24) is 14.7 Å². The van der Waals surface area contributed by atoms with Crippen LogP contribution in [0.15, 0.2) is 63.9 Å². The van der Waals surface area contributed by atoms with Crippen LogP contribution in [0, 0.1) is 0 Å². The van der Waals surface area contributed by atoms with E-state index >= 15 is 0 Å². The molecule has 31 heavy (non-hydrogen) atoms. The molecule has 8 heteroatoms. The van der Waals surface area contributed by atoms with Gasteiger partial charge in [0.2, 0.25) is 5.91 Å². The Bertz CT molecular complexity index is 1300. The summed E-state index contributed by atoms with van der Waals surface area (Å²) < 4.78 is 12.2. The number of anilines is 1. The predicted molar refractivity (Wildman–Crippen MR) is 118 cm³/mol. The summed E-state index contributed by atoms with van der Waals surface area (Å²) in [6.07, 6.45) is 1.47. The van der Waals surface area contributed by atoms with Gasteiger partial charge in [-0.15, -0.1) is 0 Å².